The van der Waals surface area contributed by atoms with Gasteiger partial charge in [0.05, 0.1) is 12.2 Å². The highest BCUT2D eigenvalue weighted by atomic mass is 16.5. The van der Waals surface area contributed by atoms with Gasteiger partial charge in [-0.2, -0.15) is 0 Å². The van der Waals surface area contributed by atoms with Crippen LogP contribution in [-0.4, -0.2) is 26.0 Å². The van der Waals surface area contributed by atoms with Crippen molar-refractivity contribution >= 4 is 12.0 Å². The van der Waals surface area contributed by atoms with E-state index in [9.17, 15) is 4.79 Å². The zero-order valence-corrected chi connectivity index (χ0v) is 12.2. The first-order chi connectivity index (χ1) is 8.76. The Hall–Kier alpha value is -1.51. The molecule has 0 spiro atoms. The van der Waals surface area contributed by atoms with Gasteiger partial charge in [0, 0.05) is 24.8 Å². The van der Waals surface area contributed by atoms with Crippen molar-refractivity contribution in [2.45, 2.75) is 34.6 Å². The number of aldehydes is 1. The van der Waals surface area contributed by atoms with Crippen LogP contribution in [0.2, 0.25) is 0 Å². The number of rotatable bonds is 6. The zero-order chi connectivity index (χ0) is 14.0. The van der Waals surface area contributed by atoms with E-state index in [2.05, 4.69) is 18.7 Å². The lowest BCUT2D eigenvalue weighted by atomic mass is 10.2. The van der Waals surface area contributed by atoms with Crippen molar-refractivity contribution in [2.24, 2.45) is 0 Å². The minimum Gasteiger partial charge on any atom is -0.493 e. The Morgan fingerprint density at radius 2 is 1.78 bits per heavy atom. The molecule has 0 unspecified atom stereocenters. The van der Waals surface area contributed by atoms with Crippen molar-refractivity contribution < 1.29 is 9.53 Å². The Labute approximate surface area is 111 Å². The molecule has 0 aliphatic carbocycles. The van der Waals surface area contributed by atoms with Gasteiger partial charge in [-0.1, -0.05) is 13.8 Å². The van der Waals surface area contributed by atoms with E-state index >= 15 is 0 Å². The molecule has 102 valence electrons. The topological polar surface area (TPSA) is 29.5 Å². The Balaban J connectivity index is 0.00000137. The minimum absolute atomic E-state index is 0.572. The third-order valence-electron chi connectivity index (χ3n) is 2.55. The number of hydrogen-bond donors (Lipinski definition) is 0. The first kappa shape index (κ1) is 16.5. The number of nitrogens with zero attached hydrogens (tertiary/aromatic N) is 1. The highest BCUT2D eigenvalue weighted by Gasteiger charge is 2.07. The average molecular weight is 251 g/mol. The van der Waals surface area contributed by atoms with Crippen LogP contribution in [0.25, 0.3) is 0 Å². The van der Waals surface area contributed by atoms with Crippen LogP contribution in [-0.2, 0) is 0 Å². The fourth-order valence-corrected chi connectivity index (χ4v) is 1.69. The van der Waals surface area contributed by atoms with Crippen molar-refractivity contribution in [3.8, 4) is 5.75 Å². The molecule has 1 aromatic rings. The van der Waals surface area contributed by atoms with Crippen LogP contribution in [0, 0.1) is 0 Å². The van der Waals surface area contributed by atoms with Crippen LogP contribution in [0.4, 0.5) is 5.69 Å². The molecule has 0 heterocycles. The molecule has 1 aromatic carbocycles. The Kier molecular flexibility index (Phi) is 8.71. The summed E-state index contributed by atoms with van der Waals surface area (Å²) in [5, 5.41) is 0. The molecule has 0 saturated carbocycles. The summed E-state index contributed by atoms with van der Waals surface area (Å²) in [4.78, 5) is 13.0. The van der Waals surface area contributed by atoms with Gasteiger partial charge in [-0.25, -0.2) is 0 Å². The molecule has 18 heavy (non-hydrogen) atoms. The summed E-state index contributed by atoms with van der Waals surface area (Å²) in [7, 11) is 0. The first-order valence-electron chi connectivity index (χ1n) is 6.73. The van der Waals surface area contributed by atoms with Gasteiger partial charge in [-0.15, -0.1) is 0 Å². The Bertz CT molecular complexity index is 346. The molecular weight excluding hydrogens is 226 g/mol. The summed E-state index contributed by atoms with van der Waals surface area (Å²) in [6.45, 7) is 12.6. The SMILES string of the molecule is CC.CCOc1cc(N(CC)CC)ccc1C=O. The van der Waals surface area contributed by atoms with E-state index in [1.165, 1.54) is 0 Å². The van der Waals surface area contributed by atoms with Crippen molar-refractivity contribution in [3.05, 3.63) is 23.8 Å². The largest absolute Gasteiger partial charge is 0.493 e. The molecule has 0 saturated heterocycles. The maximum atomic E-state index is 10.8. The number of anilines is 1. The van der Waals surface area contributed by atoms with E-state index in [1.54, 1.807) is 0 Å². The monoisotopic (exact) mass is 251 g/mol. The van der Waals surface area contributed by atoms with Crippen LogP contribution >= 0.6 is 0 Å². The molecule has 3 heteroatoms. The Morgan fingerprint density at radius 1 is 1.17 bits per heavy atom. The Morgan fingerprint density at radius 3 is 2.22 bits per heavy atom. The molecule has 0 atom stereocenters. The third kappa shape index (κ3) is 4.40. The molecular formula is C15H25NO2. The number of ether oxygens (including phenoxy) is 1. The number of benzene rings is 1. The number of carbonyl (C=O) groups excluding carboxylic acids is 1. The van der Waals surface area contributed by atoms with Gasteiger partial charge in [-0.3, -0.25) is 4.79 Å². The van der Waals surface area contributed by atoms with Crippen molar-refractivity contribution in [2.75, 3.05) is 24.6 Å². The van der Waals surface area contributed by atoms with Gasteiger partial charge in [0.15, 0.2) is 6.29 Å². The maximum Gasteiger partial charge on any atom is 0.153 e. The standard InChI is InChI=1S/C13H19NO2.C2H6/c1-4-14(5-2)12-8-7-11(10-15)13(9-12)16-6-3;1-2/h7-10H,4-6H2,1-3H3;1-2H3. The van der Waals surface area contributed by atoms with Crippen LogP contribution < -0.4 is 9.64 Å². The van der Waals surface area contributed by atoms with E-state index < -0.39 is 0 Å². The van der Waals surface area contributed by atoms with Gasteiger partial charge < -0.3 is 9.64 Å². The fraction of sp³-hybridized carbons (Fsp3) is 0.533. The van der Waals surface area contributed by atoms with Crippen LogP contribution in [0.5, 0.6) is 5.75 Å². The van der Waals surface area contributed by atoms with Gasteiger partial charge >= 0.3 is 0 Å². The molecule has 3 nitrogen and oxygen atoms in total. The normalized spacial score (nSPS) is 9.17. The summed E-state index contributed by atoms with van der Waals surface area (Å²) in [5.41, 5.74) is 1.71. The molecule has 0 aliphatic heterocycles. The number of carbonyl (C=O) groups is 1. The summed E-state index contributed by atoms with van der Waals surface area (Å²) in [6.07, 6.45) is 0.830. The van der Waals surface area contributed by atoms with E-state index in [4.69, 9.17) is 4.74 Å². The second kappa shape index (κ2) is 9.51. The van der Waals surface area contributed by atoms with Gasteiger partial charge in [0.1, 0.15) is 5.75 Å². The minimum atomic E-state index is 0.572. The highest BCUT2D eigenvalue weighted by Crippen LogP contribution is 2.24. The summed E-state index contributed by atoms with van der Waals surface area (Å²) in [6, 6.07) is 5.70. The lowest BCUT2D eigenvalue weighted by Gasteiger charge is -2.22. The predicted molar refractivity (Wildman–Crippen MR) is 77.9 cm³/mol. The average Bonchev–Trinajstić information content (AvgIpc) is 2.43. The van der Waals surface area contributed by atoms with Crippen molar-refractivity contribution in [3.63, 3.8) is 0 Å². The maximum absolute atomic E-state index is 10.8. The lowest BCUT2D eigenvalue weighted by Crippen LogP contribution is -2.21. The molecule has 1 rings (SSSR count). The van der Waals surface area contributed by atoms with Gasteiger partial charge in [-0.05, 0) is 32.9 Å². The van der Waals surface area contributed by atoms with Crippen LogP contribution in [0.15, 0.2) is 18.2 Å². The predicted octanol–water partition coefficient (Wildman–Crippen LogP) is 3.77. The molecule has 0 radical (unpaired) electrons. The second-order valence-electron chi connectivity index (χ2n) is 3.45. The molecule has 0 N–H and O–H groups in total. The zero-order valence-electron chi connectivity index (χ0n) is 12.2. The molecule has 0 fully saturated rings. The summed E-state index contributed by atoms with van der Waals surface area (Å²) >= 11 is 0. The van der Waals surface area contributed by atoms with Crippen molar-refractivity contribution in [1.29, 1.82) is 0 Å². The molecule has 0 aromatic heterocycles. The smallest absolute Gasteiger partial charge is 0.153 e. The molecule has 0 amide bonds. The molecule has 0 bridgehead atoms. The van der Waals surface area contributed by atoms with E-state index in [0.29, 0.717) is 17.9 Å². The van der Waals surface area contributed by atoms with E-state index in [-0.39, 0.29) is 0 Å². The summed E-state index contributed by atoms with van der Waals surface area (Å²) in [5.74, 6) is 0.668. The van der Waals surface area contributed by atoms with Crippen LogP contribution in [0.3, 0.4) is 0 Å². The third-order valence-corrected chi connectivity index (χ3v) is 2.55. The van der Waals surface area contributed by atoms with Gasteiger partial charge in [0.25, 0.3) is 0 Å². The van der Waals surface area contributed by atoms with E-state index in [1.807, 2.05) is 39.0 Å². The van der Waals surface area contributed by atoms with E-state index in [0.717, 1.165) is 25.1 Å². The quantitative estimate of drug-likeness (QED) is 0.721. The van der Waals surface area contributed by atoms with Gasteiger partial charge in [0.2, 0.25) is 0 Å². The van der Waals surface area contributed by atoms with Crippen LogP contribution in [0.1, 0.15) is 45.0 Å². The highest BCUT2D eigenvalue weighted by molar-refractivity contribution is 5.80. The molecule has 0 aliphatic rings. The second-order valence-corrected chi connectivity index (χ2v) is 3.45. The van der Waals surface area contributed by atoms with Crippen molar-refractivity contribution in [1.82, 2.24) is 0 Å². The summed E-state index contributed by atoms with van der Waals surface area (Å²) < 4.78 is 5.45. The number of hydrogen-bond acceptors (Lipinski definition) is 3. The lowest BCUT2D eigenvalue weighted by molar-refractivity contribution is 0.112. The first-order valence-corrected chi connectivity index (χ1v) is 6.73. The fourth-order valence-electron chi connectivity index (χ4n) is 1.69.